The number of nitrogens with one attached hydrogen (secondary N) is 4. The number of carboxylic acids is 1. The molecule has 0 saturated carbocycles. The molecule has 0 aliphatic carbocycles. The molecule has 1 aliphatic heterocycles. The number of hydrogen-bond acceptors (Lipinski definition) is 6. The van der Waals surface area contributed by atoms with Gasteiger partial charge in [-0.2, -0.15) is 0 Å². The lowest BCUT2D eigenvalue weighted by Crippen LogP contribution is -2.58. The largest absolute Gasteiger partial charge is 0.480 e. The van der Waals surface area contributed by atoms with Crippen molar-refractivity contribution >= 4 is 29.6 Å². The highest BCUT2D eigenvalue weighted by Crippen LogP contribution is 2.09. The topological polar surface area (TPSA) is 180 Å². The first-order valence-corrected chi connectivity index (χ1v) is 11.3. The molecule has 0 radical (unpaired) electrons. The van der Waals surface area contributed by atoms with E-state index in [1.807, 2.05) is 0 Å². The normalized spacial score (nSPS) is 17.9. The van der Waals surface area contributed by atoms with Gasteiger partial charge in [0.25, 0.3) is 0 Å². The number of aliphatic carboxylic acids is 1. The number of nitrogens with two attached hydrogens (primary N) is 1. The first-order chi connectivity index (χ1) is 16.1. The van der Waals surface area contributed by atoms with Crippen molar-refractivity contribution < 1.29 is 29.1 Å². The molecule has 1 aliphatic rings. The minimum atomic E-state index is -1.28. The van der Waals surface area contributed by atoms with Gasteiger partial charge in [-0.1, -0.05) is 44.2 Å². The molecule has 11 heteroatoms. The van der Waals surface area contributed by atoms with E-state index in [0.717, 1.165) is 12.0 Å². The molecular formula is C23H33N5O6. The number of carbonyl (C=O) groups excluding carboxylic acids is 4. The van der Waals surface area contributed by atoms with Crippen molar-refractivity contribution in [2.24, 2.45) is 11.7 Å². The van der Waals surface area contributed by atoms with Gasteiger partial charge in [-0.05, 0) is 30.9 Å². The maximum absolute atomic E-state index is 13.0. The third kappa shape index (κ3) is 8.14. The molecule has 186 valence electrons. The van der Waals surface area contributed by atoms with Crippen molar-refractivity contribution in [3.8, 4) is 0 Å². The Hall–Kier alpha value is -3.47. The third-order valence-corrected chi connectivity index (χ3v) is 5.56. The van der Waals surface area contributed by atoms with Crippen molar-refractivity contribution in [1.82, 2.24) is 21.3 Å². The number of benzene rings is 1. The van der Waals surface area contributed by atoms with E-state index in [4.69, 9.17) is 5.73 Å². The van der Waals surface area contributed by atoms with Gasteiger partial charge >= 0.3 is 5.97 Å². The van der Waals surface area contributed by atoms with Crippen molar-refractivity contribution in [3.05, 3.63) is 35.9 Å². The Labute approximate surface area is 198 Å². The van der Waals surface area contributed by atoms with E-state index < -0.39 is 66.1 Å². The van der Waals surface area contributed by atoms with Gasteiger partial charge in [-0.3, -0.25) is 19.2 Å². The van der Waals surface area contributed by atoms with Gasteiger partial charge in [0.15, 0.2) is 0 Å². The first kappa shape index (κ1) is 26.8. The lowest BCUT2D eigenvalue weighted by Gasteiger charge is -2.26. The van der Waals surface area contributed by atoms with E-state index in [1.54, 1.807) is 44.2 Å². The summed E-state index contributed by atoms with van der Waals surface area (Å²) in [6, 6.07) is 4.80. The highest BCUT2D eigenvalue weighted by molar-refractivity contribution is 5.96. The van der Waals surface area contributed by atoms with Gasteiger partial charge < -0.3 is 32.1 Å². The highest BCUT2D eigenvalue weighted by atomic mass is 16.4. The summed E-state index contributed by atoms with van der Waals surface area (Å²) in [4.78, 5) is 61.6. The summed E-state index contributed by atoms with van der Waals surface area (Å²) in [5.74, 6) is -4.28. The molecule has 1 aromatic carbocycles. The lowest BCUT2D eigenvalue weighted by atomic mass is 10.0. The van der Waals surface area contributed by atoms with Gasteiger partial charge in [0.2, 0.25) is 23.6 Å². The molecule has 4 unspecified atom stereocenters. The van der Waals surface area contributed by atoms with E-state index in [1.165, 1.54) is 0 Å². The summed E-state index contributed by atoms with van der Waals surface area (Å²) in [6.45, 7) is 3.98. The zero-order chi connectivity index (χ0) is 25.3. The fourth-order valence-electron chi connectivity index (χ4n) is 3.69. The maximum Gasteiger partial charge on any atom is 0.326 e. The average Bonchev–Trinajstić information content (AvgIpc) is 3.31. The minimum Gasteiger partial charge on any atom is -0.480 e. The van der Waals surface area contributed by atoms with Crippen LogP contribution >= 0.6 is 0 Å². The average molecular weight is 476 g/mol. The zero-order valence-electron chi connectivity index (χ0n) is 19.4. The summed E-state index contributed by atoms with van der Waals surface area (Å²) in [6.07, 6.45) is 1.03. The van der Waals surface area contributed by atoms with Crippen molar-refractivity contribution in [3.63, 3.8) is 0 Å². The van der Waals surface area contributed by atoms with E-state index in [0.29, 0.717) is 13.0 Å². The number of amides is 4. The highest BCUT2D eigenvalue weighted by Gasteiger charge is 2.33. The summed E-state index contributed by atoms with van der Waals surface area (Å²) in [5, 5.41) is 20.0. The minimum absolute atomic E-state index is 0.0737. The van der Waals surface area contributed by atoms with Crippen LogP contribution in [-0.2, 0) is 30.4 Å². The maximum atomic E-state index is 13.0. The van der Waals surface area contributed by atoms with Crippen molar-refractivity contribution in [2.75, 3.05) is 6.54 Å². The van der Waals surface area contributed by atoms with Crippen molar-refractivity contribution in [2.45, 2.75) is 63.7 Å². The molecule has 34 heavy (non-hydrogen) atoms. The summed E-state index contributed by atoms with van der Waals surface area (Å²) < 4.78 is 0. The quantitative estimate of drug-likeness (QED) is 0.225. The first-order valence-electron chi connectivity index (χ1n) is 11.3. The second kappa shape index (κ2) is 12.7. The monoisotopic (exact) mass is 475 g/mol. The second-order valence-electron chi connectivity index (χ2n) is 8.70. The Balaban J connectivity index is 2.20. The molecule has 1 heterocycles. The predicted octanol–water partition coefficient (Wildman–Crippen LogP) is -0.948. The molecule has 4 amide bonds. The Morgan fingerprint density at radius 3 is 2.21 bits per heavy atom. The molecule has 1 fully saturated rings. The van der Waals surface area contributed by atoms with E-state index in [2.05, 4.69) is 21.3 Å². The summed E-state index contributed by atoms with van der Waals surface area (Å²) in [5.41, 5.74) is 6.00. The van der Waals surface area contributed by atoms with Crippen LogP contribution in [0.2, 0.25) is 0 Å². The Morgan fingerprint density at radius 2 is 1.68 bits per heavy atom. The van der Waals surface area contributed by atoms with Crippen LogP contribution in [0, 0.1) is 5.92 Å². The van der Waals surface area contributed by atoms with E-state index in [9.17, 15) is 29.1 Å². The van der Waals surface area contributed by atoms with E-state index >= 15 is 0 Å². The summed E-state index contributed by atoms with van der Waals surface area (Å²) >= 11 is 0. The SMILES string of the molecule is CC(C)C(NC(=O)C(Cc1ccccc1)NC(=O)C(CC(N)=O)NC(=O)C1CCCN1)C(=O)O. The molecule has 1 saturated heterocycles. The third-order valence-electron chi connectivity index (χ3n) is 5.56. The lowest BCUT2D eigenvalue weighted by molar-refractivity contribution is -0.143. The fourth-order valence-corrected chi connectivity index (χ4v) is 3.69. The van der Waals surface area contributed by atoms with Crippen LogP contribution in [0.5, 0.6) is 0 Å². The van der Waals surface area contributed by atoms with Gasteiger partial charge in [0, 0.05) is 6.42 Å². The number of carbonyl (C=O) groups is 5. The number of primary amides is 1. The van der Waals surface area contributed by atoms with Crippen LogP contribution in [0.25, 0.3) is 0 Å². The summed E-state index contributed by atoms with van der Waals surface area (Å²) in [7, 11) is 0. The molecule has 0 aromatic heterocycles. The Kier molecular flexibility index (Phi) is 9.99. The van der Waals surface area contributed by atoms with Crippen LogP contribution in [0.1, 0.15) is 38.7 Å². The van der Waals surface area contributed by atoms with Gasteiger partial charge in [-0.15, -0.1) is 0 Å². The fraction of sp³-hybridized carbons (Fsp3) is 0.522. The number of carboxylic acid groups (broad SMARTS) is 1. The molecular weight excluding hydrogens is 442 g/mol. The van der Waals surface area contributed by atoms with Crippen molar-refractivity contribution in [1.29, 1.82) is 0 Å². The van der Waals surface area contributed by atoms with Crippen LogP contribution < -0.4 is 27.0 Å². The zero-order valence-corrected chi connectivity index (χ0v) is 19.4. The van der Waals surface area contributed by atoms with E-state index in [-0.39, 0.29) is 6.42 Å². The number of hydrogen-bond donors (Lipinski definition) is 6. The molecule has 0 spiro atoms. The van der Waals surface area contributed by atoms with Gasteiger partial charge in [-0.25, -0.2) is 4.79 Å². The molecule has 4 atom stereocenters. The predicted molar refractivity (Wildman–Crippen MR) is 123 cm³/mol. The molecule has 2 rings (SSSR count). The molecule has 1 aromatic rings. The number of rotatable bonds is 12. The van der Waals surface area contributed by atoms with Gasteiger partial charge in [0.1, 0.15) is 18.1 Å². The van der Waals surface area contributed by atoms with Crippen LogP contribution in [-0.4, -0.2) is 65.4 Å². The molecule has 0 bridgehead atoms. The molecule has 7 N–H and O–H groups in total. The van der Waals surface area contributed by atoms with Crippen LogP contribution in [0.3, 0.4) is 0 Å². The second-order valence-corrected chi connectivity index (χ2v) is 8.70. The standard InChI is InChI=1S/C23H33N5O6/c1-13(2)19(23(33)34)28-22(32)16(11-14-7-4-3-5-8-14)26-21(31)17(12-18(24)29)27-20(30)15-9-6-10-25-15/h3-5,7-8,13,15-17,19,25H,6,9-12H2,1-2H3,(H2,24,29)(H,26,31)(H,27,30)(H,28,32)(H,33,34). The molecule has 11 nitrogen and oxygen atoms in total. The Morgan fingerprint density at radius 1 is 1.03 bits per heavy atom. The Bertz CT molecular complexity index is 885. The van der Waals surface area contributed by atoms with Crippen LogP contribution in [0.15, 0.2) is 30.3 Å². The van der Waals surface area contributed by atoms with Crippen LogP contribution in [0.4, 0.5) is 0 Å². The smallest absolute Gasteiger partial charge is 0.326 e. The van der Waals surface area contributed by atoms with Gasteiger partial charge in [0.05, 0.1) is 12.5 Å².